The maximum atomic E-state index is 3.90. The van der Waals surface area contributed by atoms with Gasteiger partial charge in [-0.05, 0) is 57.2 Å². The summed E-state index contributed by atoms with van der Waals surface area (Å²) in [6, 6.07) is 12.2. The van der Waals surface area contributed by atoms with Crippen molar-refractivity contribution >= 4 is 0 Å². The Labute approximate surface area is 123 Å². The molecule has 0 radical (unpaired) electrons. The molecular formula is C18H28N2. The summed E-state index contributed by atoms with van der Waals surface area (Å²) in [5, 5.41) is 3.90. The molecule has 0 aromatic heterocycles. The van der Waals surface area contributed by atoms with Crippen molar-refractivity contribution in [3.63, 3.8) is 0 Å². The second kappa shape index (κ2) is 6.73. The Bertz CT molecular complexity index is 393. The lowest BCUT2D eigenvalue weighted by Gasteiger charge is -2.31. The first kappa shape index (κ1) is 14.1. The molecule has 3 rings (SSSR count). The van der Waals surface area contributed by atoms with Gasteiger partial charge in [0.15, 0.2) is 0 Å². The molecule has 1 aliphatic carbocycles. The van der Waals surface area contributed by atoms with Gasteiger partial charge in [0, 0.05) is 18.6 Å². The van der Waals surface area contributed by atoms with Crippen LogP contribution < -0.4 is 5.32 Å². The van der Waals surface area contributed by atoms with Crippen molar-refractivity contribution < 1.29 is 0 Å². The quantitative estimate of drug-likeness (QED) is 0.851. The van der Waals surface area contributed by atoms with E-state index in [1.54, 1.807) is 0 Å². The number of benzene rings is 1. The van der Waals surface area contributed by atoms with Gasteiger partial charge in [-0.1, -0.05) is 36.8 Å². The maximum Gasteiger partial charge on any atom is 0.0351 e. The van der Waals surface area contributed by atoms with Crippen LogP contribution in [0, 0.1) is 5.92 Å². The van der Waals surface area contributed by atoms with Crippen molar-refractivity contribution in [3.05, 3.63) is 35.9 Å². The lowest BCUT2D eigenvalue weighted by Crippen LogP contribution is -2.43. The van der Waals surface area contributed by atoms with Crippen molar-refractivity contribution in [2.24, 2.45) is 5.92 Å². The van der Waals surface area contributed by atoms with Crippen LogP contribution in [0.3, 0.4) is 0 Å². The predicted octanol–water partition coefficient (Wildman–Crippen LogP) is 3.60. The lowest BCUT2D eigenvalue weighted by atomic mass is 10.0. The second-order valence-corrected chi connectivity index (χ2v) is 6.65. The largest absolute Gasteiger partial charge is 0.306 e. The molecule has 2 nitrogen and oxygen atoms in total. The number of nitrogens with zero attached hydrogens (tertiary/aromatic N) is 1. The molecule has 110 valence electrons. The summed E-state index contributed by atoms with van der Waals surface area (Å²) >= 11 is 0. The molecule has 2 aliphatic rings. The zero-order valence-corrected chi connectivity index (χ0v) is 12.7. The molecule has 2 atom stereocenters. The van der Waals surface area contributed by atoms with E-state index in [4.69, 9.17) is 0 Å². The van der Waals surface area contributed by atoms with Crippen molar-refractivity contribution in [3.8, 4) is 0 Å². The van der Waals surface area contributed by atoms with Gasteiger partial charge in [-0.25, -0.2) is 0 Å². The Balaban J connectivity index is 1.56. The average molecular weight is 272 g/mol. The summed E-state index contributed by atoms with van der Waals surface area (Å²) in [5.74, 6) is 0.862. The molecule has 1 aliphatic heterocycles. The van der Waals surface area contributed by atoms with Crippen LogP contribution in [0.5, 0.6) is 0 Å². The molecular weight excluding hydrogens is 244 g/mol. The van der Waals surface area contributed by atoms with E-state index in [0.29, 0.717) is 12.1 Å². The second-order valence-electron chi connectivity index (χ2n) is 6.65. The van der Waals surface area contributed by atoms with Crippen LogP contribution in [0.15, 0.2) is 30.3 Å². The molecule has 1 N–H and O–H groups in total. The third kappa shape index (κ3) is 3.83. The van der Waals surface area contributed by atoms with E-state index in [9.17, 15) is 0 Å². The maximum absolute atomic E-state index is 3.90. The molecule has 0 amide bonds. The highest BCUT2D eigenvalue weighted by Crippen LogP contribution is 2.41. The number of hydrogen-bond donors (Lipinski definition) is 1. The smallest absolute Gasteiger partial charge is 0.0351 e. The molecule has 0 spiro atoms. The van der Waals surface area contributed by atoms with Crippen molar-refractivity contribution in [2.45, 2.75) is 51.1 Å². The minimum Gasteiger partial charge on any atom is -0.306 e. The SMILES string of the molecule is CC(CN1CCCCC1)NC(c1ccccc1)C1CC1. The lowest BCUT2D eigenvalue weighted by molar-refractivity contribution is 0.202. The van der Waals surface area contributed by atoms with Gasteiger partial charge in [0.1, 0.15) is 0 Å². The Kier molecular flexibility index (Phi) is 4.74. The number of rotatable bonds is 6. The Hall–Kier alpha value is -0.860. The van der Waals surface area contributed by atoms with Gasteiger partial charge >= 0.3 is 0 Å². The minimum atomic E-state index is 0.566. The molecule has 1 aromatic carbocycles. The highest BCUT2D eigenvalue weighted by Gasteiger charge is 2.33. The first-order valence-corrected chi connectivity index (χ1v) is 8.36. The third-order valence-electron chi connectivity index (χ3n) is 4.70. The molecule has 20 heavy (non-hydrogen) atoms. The topological polar surface area (TPSA) is 15.3 Å². The predicted molar refractivity (Wildman–Crippen MR) is 84.8 cm³/mol. The number of piperidine rings is 1. The molecule has 0 bridgehead atoms. The van der Waals surface area contributed by atoms with Gasteiger partial charge in [-0.2, -0.15) is 0 Å². The van der Waals surface area contributed by atoms with Gasteiger partial charge < -0.3 is 10.2 Å². The summed E-state index contributed by atoms with van der Waals surface area (Å²) in [4.78, 5) is 2.64. The molecule has 2 unspecified atom stereocenters. The van der Waals surface area contributed by atoms with E-state index in [-0.39, 0.29) is 0 Å². The van der Waals surface area contributed by atoms with Crippen molar-refractivity contribution in [2.75, 3.05) is 19.6 Å². The van der Waals surface area contributed by atoms with Crippen LogP contribution in [0.4, 0.5) is 0 Å². The van der Waals surface area contributed by atoms with Crippen LogP contribution in [0.1, 0.15) is 50.6 Å². The zero-order chi connectivity index (χ0) is 13.8. The summed E-state index contributed by atoms with van der Waals surface area (Å²) in [7, 11) is 0. The fraction of sp³-hybridized carbons (Fsp3) is 0.667. The van der Waals surface area contributed by atoms with Gasteiger partial charge in [-0.15, -0.1) is 0 Å². The fourth-order valence-electron chi connectivity index (χ4n) is 3.48. The minimum absolute atomic E-state index is 0.566. The standard InChI is InChI=1S/C18H28N2/c1-15(14-20-12-6-3-7-13-20)19-18(17-10-11-17)16-8-4-2-5-9-16/h2,4-5,8-9,15,17-19H,3,6-7,10-14H2,1H3. The van der Waals surface area contributed by atoms with Crippen LogP contribution in [0.25, 0.3) is 0 Å². The third-order valence-corrected chi connectivity index (χ3v) is 4.70. The van der Waals surface area contributed by atoms with Gasteiger partial charge in [0.05, 0.1) is 0 Å². The monoisotopic (exact) mass is 272 g/mol. The molecule has 1 saturated heterocycles. The van der Waals surface area contributed by atoms with Crippen LogP contribution in [-0.2, 0) is 0 Å². The van der Waals surface area contributed by atoms with Crippen LogP contribution >= 0.6 is 0 Å². The van der Waals surface area contributed by atoms with Crippen molar-refractivity contribution in [1.29, 1.82) is 0 Å². The fourth-order valence-corrected chi connectivity index (χ4v) is 3.48. The van der Waals surface area contributed by atoms with Crippen molar-refractivity contribution in [1.82, 2.24) is 10.2 Å². The van der Waals surface area contributed by atoms with Gasteiger partial charge in [0.2, 0.25) is 0 Å². The highest BCUT2D eigenvalue weighted by atomic mass is 15.2. The number of hydrogen-bond acceptors (Lipinski definition) is 2. The van der Waals surface area contributed by atoms with E-state index in [1.807, 2.05) is 0 Å². The Morgan fingerprint density at radius 1 is 1.10 bits per heavy atom. The number of nitrogens with one attached hydrogen (secondary N) is 1. The molecule has 1 aromatic rings. The van der Waals surface area contributed by atoms with Gasteiger partial charge in [0.25, 0.3) is 0 Å². The summed E-state index contributed by atoms with van der Waals surface area (Å²) in [5.41, 5.74) is 1.47. The highest BCUT2D eigenvalue weighted by molar-refractivity contribution is 5.21. The Morgan fingerprint density at radius 3 is 2.45 bits per heavy atom. The first-order valence-electron chi connectivity index (χ1n) is 8.36. The number of likely N-dealkylation sites (tertiary alicyclic amines) is 1. The van der Waals surface area contributed by atoms with E-state index < -0.39 is 0 Å². The van der Waals surface area contributed by atoms with E-state index in [1.165, 1.54) is 57.3 Å². The van der Waals surface area contributed by atoms with E-state index in [0.717, 1.165) is 5.92 Å². The molecule has 2 fully saturated rings. The van der Waals surface area contributed by atoms with Gasteiger partial charge in [-0.3, -0.25) is 0 Å². The summed E-state index contributed by atoms with van der Waals surface area (Å²) < 4.78 is 0. The summed E-state index contributed by atoms with van der Waals surface area (Å²) in [6.45, 7) is 6.15. The molecule has 1 saturated carbocycles. The van der Waals surface area contributed by atoms with E-state index in [2.05, 4.69) is 47.5 Å². The van der Waals surface area contributed by atoms with E-state index >= 15 is 0 Å². The molecule has 1 heterocycles. The Morgan fingerprint density at radius 2 is 1.80 bits per heavy atom. The normalized spacial score (nSPS) is 23.4. The average Bonchev–Trinajstić information content (AvgIpc) is 3.31. The van der Waals surface area contributed by atoms with Crippen LogP contribution in [0.2, 0.25) is 0 Å². The molecule has 2 heteroatoms. The zero-order valence-electron chi connectivity index (χ0n) is 12.7. The first-order chi connectivity index (χ1) is 9.83. The van der Waals surface area contributed by atoms with Crippen LogP contribution in [-0.4, -0.2) is 30.6 Å². The summed E-state index contributed by atoms with van der Waals surface area (Å²) in [6.07, 6.45) is 6.98.